The number of hydrogen-bond acceptors (Lipinski definition) is 4. The van der Waals surface area contributed by atoms with Crippen molar-refractivity contribution in [1.82, 2.24) is 0 Å². The number of rotatable bonds is 2. The van der Waals surface area contributed by atoms with E-state index in [0.29, 0.717) is 0 Å². The Labute approximate surface area is 210 Å². The zero-order valence-electron chi connectivity index (χ0n) is 19.4. The van der Waals surface area contributed by atoms with Crippen LogP contribution in [0.4, 0.5) is 0 Å². The molecule has 0 saturated carbocycles. The van der Waals surface area contributed by atoms with Crippen LogP contribution in [0.1, 0.15) is 33.8 Å². The molecule has 2 atom stereocenters. The van der Waals surface area contributed by atoms with Crippen LogP contribution in [-0.4, -0.2) is 20.9 Å². The molecule has 0 aliphatic heterocycles. The van der Waals surface area contributed by atoms with Crippen LogP contribution >= 0.6 is 31.9 Å². The number of benzene rings is 2. The molecule has 172 valence electrons. The van der Waals surface area contributed by atoms with E-state index < -0.39 is 21.6 Å². The smallest absolute Gasteiger partial charge is 0.136 e. The molecule has 0 spiro atoms. The third-order valence-corrected chi connectivity index (χ3v) is 10.1. The predicted molar refractivity (Wildman–Crippen MR) is 141 cm³/mol. The fourth-order valence-electron chi connectivity index (χ4n) is 4.04. The molecule has 4 nitrogen and oxygen atoms in total. The number of halogens is 2. The molecule has 0 aliphatic rings. The van der Waals surface area contributed by atoms with E-state index in [2.05, 4.69) is 31.9 Å². The topological polar surface area (TPSA) is 60.4 Å². The van der Waals surface area contributed by atoms with E-state index in [9.17, 15) is 8.42 Å². The second kappa shape index (κ2) is 9.57. The van der Waals surface area contributed by atoms with Gasteiger partial charge in [-0.05, 0) is 75.9 Å². The minimum atomic E-state index is -1.02. The molecule has 0 radical (unpaired) electrons. The average Bonchev–Trinajstić information content (AvgIpc) is 3.20. The zero-order chi connectivity index (χ0) is 24.1. The van der Waals surface area contributed by atoms with Crippen LogP contribution in [0.2, 0.25) is 0 Å². The molecule has 32 heavy (non-hydrogen) atoms. The van der Waals surface area contributed by atoms with E-state index in [1.165, 1.54) is 0 Å². The average molecular weight is 602 g/mol. The van der Waals surface area contributed by atoms with Crippen LogP contribution in [0.25, 0.3) is 21.9 Å². The quantitative estimate of drug-likeness (QED) is 0.236. The van der Waals surface area contributed by atoms with Crippen molar-refractivity contribution in [1.29, 1.82) is 0 Å². The van der Waals surface area contributed by atoms with E-state index in [1.807, 2.05) is 53.7 Å². The molecule has 0 unspecified atom stereocenters. The van der Waals surface area contributed by atoms with E-state index in [0.717, 1.165) is 74.4 Å². The lowest BCUT2D eigenvalue weighted by Gasteiger charge is -2.04. The predicted octanol–water partition coefficient (Wildman–Crippen LogP) is 7.72. The third-order valence-electron chi connectivity index (χ3n) is 5.48. The molecule has 0 saturated heterocycles. The summed E-state index contributed by atoms with van der Waals surface area (Å²) in [5, 5.41) is 1.96. The summed E-state index contributed by atoms with van der Waals surface area (Å²) in [6, 6.07) is 3.96. The van der Waals surface area contributed by atoms with Crippen LogP contribution in [0, 0.1) is 41.5 Å². The Hall–Kier alpha value is -1.22. The summed E-state index contributed by atoms with van der Waals surface area (Å²) in [5.74, 6) is 1.49. The van der Waals surface area contributed by atoms with Gasteiger partial charge < -0.3 is 8.83 Å². The molecule has 2 heterocycles. The molecule has 4 aromatic rings. The number of hydrogen-bond donors (Lipinski definition) is 0. The first-order chi connectivity index (χ1) is 14.9. The van der Waals surface area contributed by atoms with Crippen molar-refractivity contribution in [3.63, 3.8) is 0 Å². The lowest BCUT2D eigenvalue weighted by atomic mass is 10.1. The number of fused-ring (bicyclic) bond motifs is 2. The minimum absolute atomic E-state index is 0.747. The van der Waals surface area contributed by atoms with Crippen molar-refractivity contribution in [2.24, 2.45) is 0 Å². The van der Waals surface area contributed by atoms with E-state index >= 15 is 0 Å². The molecule has 0 fully saturated rings. The lowest BCUT2D eigenvalue weighted by Crippen LogP contribution is -1.91. The van der Waals surface area contributed by atoms with Crippen LogP contribution in [0.15, 0.2) is 39.7 Å². The molecule has 0 bridgehead atoms. The van der Waals surface area contributed by atoms with Crippen molar-refractivity contribution < 1.29 is 17.3 Å². The summed E-state index contributed by atoms with van der Waals surface area (Å²) < 4.78 is 36.9. The summed E-state index contributed by atoms with van der Waals surface area (Å²) in [6.45, 7) is 11.8. The maximum Gasteiger partial charge on any atom is 0.136 e. The van der Waals surface area contributed by atoms with Gasteiger partial charge in [-0.3, -0.25) is 8.42 Å². The molecule has 0 amide bonds. The number of aryl methyl sites for hydroxylation is 6. The van der Waals surface area contributed by atoms with Gasteiger partial charge in [0.2, 0.25) is 0 Å². The van der Waals surface area contributed by atoms with Crippen LogP contribution in [0.3, 0.4) is 0 Å². The van der Waals surface area contributed by atoms with Gasteiger partial charge in [0.1, 0.15) is 22.7 Å². The summed E-state index contributed by atoms with van der Waals surface area (Å²) in [4.78, 5) is 1.63. The zero-order valence-corrected chi connectivity index (χ0v) is 24.2. The van der Waals surface area contributed by atoms with E-state index in [4.69, 9.17) is 8.83 Å². The molecular weight excluding hydrogens is 576 g/mol. The maximum absolute atomic E-state index is 11.7. The summed E-state index contributed by atoms with van der Waals surface area (Å²) >= 11 is 7.10. The highest BCUT2D eigenvalue weighted by Gasteiger charge is 2.19. The Morgan fingerprint density at radius 2 is 0.969 bits per heavy atom. The normalized spacial score (nSPS) is 13.3. The van der Waals surface area contributed by atoms with Gasteiger partial charge in [0.25, 0.3) is 0 Å². The summed E-state index contributed by atoms with van der Waals surface area (Å²) in [6.07, 6.45) is 3.37. The van der Waals surface area contributed by atoms with E-state index in [1.54, 1.807) is 12.5 Å². The van der Waals surface area contributed by atoms with Gasteiger partial charge in [0, 0.05) is 32.2 Å². The Morgan fingerprint density at radius 1 is 0.656 bits per heavy atom. The van der Waals surface area contributed by atoms with Gasteiger partial charge in [-0.1, -0.05) is 31.9 Å². The molecule has 4 rings (SSSR count). The highest BCUT2D eigenvalue weighted by molar-refractivity contribution is 9.11. The van der Waals surface area contributed by atoms with Gasteiger partial charge in [-0.15, -0.1) is 0 Å². The molecule has 0 N–H and O–H groups in total. The van der Waals surface area contributed by atoms with Crippen LogP contribution in [0.5, 0.6) is 0 Å². The van der Waals surface area contributed by atoms with Crippen molar-refractivity contribution in [3.05, 3.63) is 54.9 Å². The standard InChI is InChI=1S/2C12H13BrO2S/c2*1-6-5-9-10(7(2)11(6)13)12(16(4)14)8(3)15-9/h2*5H,1-4H3/t2*16-/m11/s1. The Morgan fingerprint density at radius 3 is 1.25 bits per heavy atom. The highest BCUT2D eigenvalue weighted by Crippen LogP contribution is 2.37. The molecule has 8 heteroatoms. The SMILES string of the molecule is Cc1cc2oc(C)c([S@@](C)=O)c2c(C)c1Br.Cc1cc2oc(C)c([S@@](C)=O)c2c(C)c1Br. The van der Waals surface area contributed by atoms with Crippen molar-refractivity contribution in [3.8, 4) is 0 Å². The van der Waals surface area contributed by atoms with Crippen LogP contribution in [-0.2, 0) is 21.6 Å². The Bertz CT molecular complexity index is 1310. The largest absolute Gasteiger partial charge is 0.460 e. The first-order valence-corrected chi connectivity index (χ1v) is 14.6. The van der Waals surface area contributed by atoms with Gasteiger partial charge in [-0.2, -0.15) is 0 Å². The van der Waals surface area contributed by atoms with Gasteiger partial charge >= 0.3 is 0 Å². The Kier molecular flexibility index (Phi) is 7.59. The molecule has 2 aromatic carbocycles. The fraction of sp³-hybridized carbons (Fsp3) is 0.333. The number of furan rings is 2. The highest BCUT2D eigenvalue weighted by atomic mass is 79.9. The first-order valence-electron chi connectivity index (χ1n) is 9.91. The fourth-order valence-corrected chi connectivity index (χ4v) is 6.64. The monoisotopic (exact) mass is 600 g/mol. The van der Waals surface area contributed by atoms with Crippen molar-refractivity contribution >= 4 is 75.4 Å². The van der Waals surface area contributed by atoms with Gasteiger partial charge in [-0.25, -0.2) is 0 Å². The van der Waals surface area contributed by atoms with Gasteiger partial charge in [0.15, 0.2) is 0 Å². The van der Waals surface area contributed by atoms with E-state index in [-0.39, 0.29) is 0 Å². The molecule has 2 aromatic heterocycles. The third kappa shape index (κ3) is 4.43. The van der Waals surface area contributed by atoms with Crippen LogP contribution < -0.4 is 0 Å². The Balaban J connectivity index is 0.000000181. The van der Waals surface area contributed by atoms with Gasteiger partial charge in [0.05, 0.1) is 31.4 Å². The lowest BCUT2D eigenvalue weighted by molar-refractivity contribution is 0.566. The molecule has 0 aliphatic carbocycles. The van der Waals surface area contributed by atoms with Crippen molar-refractivity contribution in [2.75, 3.05) is 12.5 Å². The molecular formula is C24H26Br2O4S2. The first kappa shape index (κ1) is 25.4. The second-order valence-corrected chi connectivity index (χ2v) is 12.1. The second-order valence-electron chi connectivity index (χ2n) is 7.89. The summed E-state index contributed by atoms with van der Waals surface area (Å²) in [7, 11) is -2.05. The maximum atomic E-state index is 11.7. The van der Waals surface area contributed by atoms with Crippen molar-refractivity contribution in [2.45, 2.75) is 51.3 Å². The minimum Gasteiger partial charge on any atom is -0.460 e. The summed E-state index contributed by atoms with van der Waals surface area (Å²) in [5.41, 5.74) is 6.09.